The minimum atomic E-state index is 0.294. The number of thioether (sulfide) groups is 1. The Balaban J connectivity index is 2.61. The van der Waals surface area contributed by atoms with Gasteiger partial charge in [0.1, 0.15) is 0 Å². The molecule has 1 aromatic carbocycles. The largest absolute Gasteiger partial charge is 0.327 e. The number of benzene rings is 1. The first-order chi connectivity index (χ1) is 8.56. The van der Waals surface area contributed by atoms with E-state index in [-0.39, 0.29) is 0 Å². The van der Waals surface area contributed by atoms with Gasteiger partial charge < -0.3 is 5.73 Å². The molecule has 0 spiro atoms. The van der Waals surface area contributed by atoms with Gasteiger partial charge in [-0.2, -0.15) is 0 Å². The minimum Gasteiger partial charge on any atom is -0.327 e. The van der Waals surface area contributed by atoms with E-state index in [1.807, 2.05) is 11.8 Å². The summed E-state index contributed by atoms with van der Waals surface area (Å²) in [6, 6.07) is 7.11. The van der Waals surface area contributed by atoms with E-state index in [0.29, 0.717) is 6.04 Å². The average molecular weight is 265 g/mol. The molecule has 2 atom stereocenters. The fourth-order valence-electron chi connectivity index (χ4n) is 1.77. The van der Waals surface area contributed by atoms with Gasteiger partial charge in [-0.1, -0.05) is 33.3 Å². The standard InChI is InChI=1S/C16H27NS/c1-5-12(3)11-18-16-8-7-14(13(4)9-16)10-15(17)6-2/h7-9,12,15H,5-6,10-11,17H2,1-4H3. The van der Waals surface area contributed by atoms with Gasteiger partial charge in [0, 0.05) is 16.7 Å². The van der Waals surface area contributed by atoms with E-state index in [1.54, 1.807) is 0 Å². The highest BCUT2D eigenvalue weighted by molar-refractivity contribution is 7.99. The van der Waals surface area contributed by atoms with Crippen LogP contribution in [0.4, 0.5) is 0 Å². The fraction of sp³-hybridized carbons (Fsp3) is 0.625. The van der Waals surface area contributed by atoms with Crippen molar-refractivity contribution in [2.24, 2.45) is 11.7 Å². The van der Waals surface area contributed by atoms with Gasteiger partial charge in [0.2, 0.25) is 0 Å². The van der Waals surface area contributed by atoms with E-state index >= 15 is 0 Å². The molecule has 0 fully saturated rings. The highest BCUT2D eigenvalue weighted by atomic mass is 32.2. The summed E-state index contributed by atoms with van der Waals surface area (Å²) < 4.78 is 0. The SMILES string of the molecule is CCC(C)CSc1ccc(CC(N)CC)c(C)c1. The lowest BCUT2D eigenvalue weighted by Gasteiger charge is -2.13. The van der Waals surface area contributed by atoms with Gasteiger partial charge in [-0.3, -0.25) is 0 Å². The Morgan fingerprint density at radius 1 is 1.22 bits per heavy atom. The van der Waals surface area contributed by atoms with Gasteiger partial charge >= 0.3 is 0 Å². The second-order valence-electron chi connectivity index (χ2n) is 5.29. The molecule has 0 aliphatic heterocycles. The van der Waals surface area contributed by atoms with E-state index < -0.39 is 0 Å². The topological polar surface area (TPSA) is 26.0 Å². The smallest absolute Gasteiger partial charge is 0.00767 e. The molecule has 0 radical (unpaired) electrons. The van der Waals surface area contributed by atoms with Crippen molar-refractivity contribution in [1.29, 1.82) is 0 Å². The van der Waals surface area contributed by atoms with E-state index in [1.165, 1.54) is 28.2 Å². The van der Waals surface area contributed by atoms with Crippen molar-refractivity contribution in [2.45, 2.75) is 57.9 Å². The summed E-state index contributed by atoms with van der Waals surface area (Å²) in [6.07, 6.45) is 3.30. The molecule has 0 bridgehead atoms. The van der Waals surface area contributed by atoms with Crippen molar-refractivity contribution in [3.05, 3.63) is 29.3 Å². The first kappa shape index (κ1) is 15.6. The molecule has 2 unspecified atom stereocenters. The van der Waals surface area contributed by atoms with Crippen LogP contribution in [-0.2, 0) is 6.42 Å². The first-order valence-corrected chi connectivity index (χ1v) is 8.03. The van der Waals surface area contributed by atoms with Crippen LogP contribution < -0.4 is 5.73 Å². The molecule has 0 heterocycles. The van der Waals surface area contributed by atoms with Gasteiger partial charge in [-0.05, 0) is 48.9 Å². The second-order valence-corrected chi connectivity index (χ2v) is 6.38. The lowest BCUT2D eigenvalue weighted by atomic mass is 10.0. The molecule has 102 valence electrons. The molecule has 0 saturated carbocycles. The van der Waals surface area contributed by atoms with Gasteiger partial charge in [0.15, 0.2) is 0 Å². The molecule has 0 aromatic heterocycles. The predicted molar refractivity (Wildman–Crippen MR) is 83.3 cm³/mol. The Bertz CT molecular complexity index is 362. The summed E-state index contributed by atoms with van der Waals surface area (Å²) >= 11 is 1.97. The molecule has 2 heteroatoms. The van der Waals surface area contributed by atoms with Crippen molar-refractivity contribution in [2.75, 3.05) is 5.75 Å². The summed E-state index contributed by atoms with van der Waals surface area (Å²) in [7, 11) is 0. The summed E-state index contributed by atoms with van der Waals surface area (Å²) in [4.78, 5) is 1.39. The highest BCUT2D eigenvalue weighted by Gasteiger charge is 2.06. The van der Waals surface area contributed by atoms with E-state index in [2.05, 4.69) is 45.9 Å². The van der Waals surface area contributed by atoms with Gasteiger partial charge in [-0.25, -0.2) is 0 Å². The molecule has 18 heavy (non-hydrogen) atoms. The van der Waals surface area contributed by atoms with Crippen LogP contribution in [-0.4, -0.2) is 11.8 Å². The van der Waals surface area contributed by atoms with Crippen LogP contribution in [0.15, 0.2) is 23.1 Å². The molecule has 0 aliphatic carbocycles. The van der Waals surface area contributed by atoms with Crippen molar-refractivity contribution in [3.8, 4) is 0 Å². The molecule has 2 N–H and O–H groups in total. The monoisotopic (exact) mass is 265 g/mol. The third-order valence-electron chi connectivity index (χ3n) is 3.55. The van der Waals surface area contributed by atoms with Crippen LogP contribution in [0, 0.1) is 12.8 Å². The Hall–Kier alpha value is -0.470. The van der Waals surface area contributed by atoms with Crippen LogP contribution in [0.5, 0.6) is 0 Å². The van der Waals surface area contributed by atoms with E-state index in [9.17, 15) is 0 Å². The van der Waals surface area contributed by atoms with Crippen LogP contribution in [0.3, 0.4) is 0 Å². The quantitative estimate of drug-likeness (QED) is 0.739. The number of hydrogen-bond acceptors (Lipinski definition) is 2. The molecule has 1 rings (SSSR count). The lowest BCUT2D eigenvalue weighted by molar-refractivity contribution is 0.637. The summed E-state index contributed by atoms with van der Waals surface area (Å²) in [5.41, 5.74) is 8.81. The number of hydrogen-bond donors (Lipinski definition) is 1. The maximum atomic E-state index is 6.02. The Morgan fingerprint density at radius 3 is 2.50 bits per heavy atom. The average Bonchev–Trinajstić information content (AvgIpc) is 2.38. The molecule has 1 aromatic rings. The fourth-order valence-corrected chi connectivity index (χ4v) is 2.91. The third-order valence-corrected chi connectivity index (χ3v) is 4.87. The van der Waals surface area contributed by atoms with Gasteiger partial charge in [0.25, 0.3) is 0 Å². The van der Waals surface area contributed by atoms with Crippen molar-refractivity contribution in [3.63, 3.8) is 0 Å². The molecular weight excluding hydrogens is 238 g/mol. The van der Waals surface area contributed by atoms with Crippen LogP contribution in [0.25, 0.3) is 0 Å². The number of nitrogens with two attached hydrogens (primary N) is 1. The second kappa shape index (κ2) is 7.85. The minimum absolute atomic E-state index is 0.294. The van der Waals surface area contributed by atoms with Gasteiger partial charge in [-0.15, -0.1) is 11.8 Å². The van der Waals surface area contributed by atoms with E-state index in [0.717, 1.165) is 18.8 Å². The maximum Gasteiger partial charge on any atom is 0.00767 e. The first-order valence-electron chi connectivity index (χ1n) is 7.04. The molecule has 1 nitrogen and oxygen atoms in total. The highest BCUT2D eigenvalue weighted by Crippen LogP contribution is 2.24. The lowest BCUT2D eigenvalue weighted by Crippen LogP contribution is -2.21. The Morgan fingerprint density at radius 2 is 1.94 bits per heavy atom. The summed E-state index contributed by atoms with van der Waals surface area (Å²) in [5.74, 6) is 2.01. The summed E-state index contributed by atoms with van der Waals surface area (Å²) in [5, 5.41) is 0. The van der Waals surface area contributed by atoms with Gasteiger partial charge in [0.05, 0.1) is 0 Å². The molecule has 0 saturated heterocycles. The zero-order valence-corrected chi connectivity index (χ0v) is 13.0. The summed E-state index contributed by atoms with van der Waals surface area (Å²) in [6.45, 7) is 8.92. The third kappa shape index (κ3) is 5.03. The number of rotatable bonds is 7. The number of aryl methyl sites for hydroxylation is 1. The zero-order valence-electron chi connectivity index (χ0n) is 12.2. The Kier molecular flexibility index (Phi) is 6.80. The molecule has 0 amide bonds. The maximum absolute atomic E-state index is 6.02. The zero-order chi connectivity index (χ0) is 13.5. The molecular formula is C16H27NS. The van der Waals surface area contributed by atoms with Crippen LogP contribution >= 0.6 is 11.8 Å². The van der Waals surface area contributed by atoms with Crippen LogP contribution in [0.2, 0.25) is 0 Å². The van der Waals surface area contributed by atoms with Crippen molar-refractivity contribution in [1.82, 2.24) is 0 Å². The van der Waals surface area contributed by atoms with E-state index in [4.69, 9.17) is 5.73 Å². The molecule has 0 aliphatic rings. The van der Waals surface area contributed by atoms with Crippen LogP contribution in [0.1, 0.15) is 44.7 Å². The van der Waals surface area contributed by atoms with Crippen molar-refractivity contribution >= 4 is 11.8 Å². The predicted octanol–water partition coefficient (Wildman–Crippen LogP) is 4.41. The van der Waals surface area contributed by atoms with Crippen molar-refractivity contribution < 1.29 is 0 Å². The Labute approximate surface area is 117 Å². The normalized spacial score (nSPS) is 14.5.